The molecule has 0 unspecified atom stereocenters. The number of H-pyrrole nitrogens is 1. The molecule has 0 bridgehead atoms. The lowest BCUT2D eigenvalue weighted by molar-refractivity contribution is -0.142. The summed E-state index contributed by atoms with van der Waals surface area (Å²) in [6.45, 7) is 11.0. The molecule has 24 N–H and O–H groups in total. The third-order valence-corrected chi connectivity index (χ3v) is 14.2. The fraction of sp³-hybridized carbons (Fsp3) is 0.655. The molecular weight excluding hydrogens is 1070 g/mol. The number of carbonyl (C=O) groups excluding carboxylic acids is 8. The first-order valence-corrected chi connectivity index (χ1v) is 28.8. The number of carboxylic acid groups (broad SMARTS) is 1. The van der Waals surface area contributed by atoms with Crippen molar-refractivity contribution in [2.45, 2.75) is 180 Å². The number of carboxylic acids is 1. The van der Waals surface area contributed by atoms with E-state index in [-0.39, 0.29) is 101 Å². The highest BCUT2D eigenvalue weighted by molar-refractivity contribution is 5.98. The van der Waals surface area contributed by atoms with Crippen molar-refractivity contribution in [3.05, 3.63) is 36.0 Å². The smallest absolute Gasteiger partial charge is 0.326 e. The lowest BCUT2D eigenvalue weighted by atomic mass is 9.96. The summed E-state index contributed by atoms with van der Waals surface area (Å²) in [5.74, 6) is -8.30. The van der Waals surface area contributed by atoms with Crippen LogP contribution in [0.2, 0.25) is 0 Å². The van der Waals surface area contributed by atoms with Gasteiger partial charge < -0.3 is 92.8 Å². The molecule has 0 aliphatic rings. The van der Waals surface area contributed by atoms with Gasteiger partial charge in [-0.1, -0.05) is 72.6 Å². The molecule has 0 saturated heterocycles. The number of aliphatic imine (C=N–C) groups is 2. The molecule has 0 fully saturated rings. The van der Waals surface area contributed by atoms with E-state index in [9.17, 15) is 48.3 Å². The zero-order chi connectivity index (χ0) is 62.2. The van der Waals surface area contributed by atoms with Crippen molar-refractivity contribution in [1.82, 2.24) is 47.5 Å². The van der Waals surface area contributed by atoms with Crippen molar-refractivity contribution in [2.24, 2.45) is 67.9 Å². The molecule has 28 nitrogen and oxygen atoms in total. The van der Waals surface area contributed by atoms with E-state index in [1.807, 2.05) is 58.9 Å². The maximum atomic E-state index is 14.3. The number of carbonyl (C=O) groups is 9. The number of nitrogens with one attached hydrogen (secondary N) is 9. The van der Waals surface area contributed by atoms with Crippen LogP contribution in [-0.4, -0.2) is 156 Å². The van der Waals surface area contributed by atoms with Crippen LogP contribution in [0.5, 0.6) is 0 Å². The number of aromatic nitrogens is 1. The minimum atomic E-state index is -1.35. The van der Waals surface area contributed by atoms with Crippen LogP contribution in [-0.2, 0) is 49.6 Å². The monoisotopic (exact) mass is 1170 g/mol. The minimum absolute atomic E-state index is 0.0260. The summed E-state index contributed by atoms with van der Waals surface area (Å²) >= 11 is 0. The summed E-state index contributed by atoms with van der Waals surface area (Å²) in [4.78, 5) is 135. The number of aliphatic carboxylic acids is 1. The molecule has 83 heavy (non-hydrogen) atoms. The van der Waals surface area contributed by atoms with Gasteiger partial charge >= 0.3 is 5.97 Å². The second-order valence-electron chi connectivity index (χ2n) is 21.4. The first-order valence-electron chi connectivity index (χ1n) is 28.8. The van der Waals surface area contributed by atoms with Gasteiger partial charge in [-0.25, -0.2) is 4.79 Å². The number of guanidine groups is 2. The van der Waals surface area contributed by atoms with Crippen molar-refractivity contribution in [3.8, 4) is 0 Å². The Morgan fingerprint density at radius 3 is 1.49 bits per heavy atom. The van der Waals surface area contributed by atoms with Gasteiger partial charge in [0, 0.05) is 36.6 Å². The number of fused-ring (bicyclic) bond motifs is 1. The Bertz CT molecular complexity index is 2460. The number of unbranched alkanes of at least 4 members (excludes halogenated alkanes) is 2. The molecule has 1 aromatic heterocycles. The molecular formula is C55H96N18O10. The molecule has 10 atom stereocenters. The molecule has 2 rings (SSSR count). The highest BCUT2D eigenvalue weighted by atomic mass is 16.4. The molecule has 8 amide bonds. The Hall–Kier alpha value is -7.59. The van der Waals surface area contributed by atoms with Crippen molar-refractivity contribution >= 4 is 76.0 Å². The first-order chi connectivity index (χ1) is 39.4. The van der Waals surface area contributed by atoms with E-state index in [1.165, 1.54) is 0 Å². The Labute approximate surface area is 486 Å². The van der Waals surface area contributed by atoms with E-state index in [0.29, 0.717) is 38.5 Å². The van der Waals surface area contributed by atoms with E-state index in [1.54, 1.807) is 13.1 Å². The van der Waals surface area contributed by atoms with Crippen LogP contribution in [0.15, 0.2) is 40.4 Å². The van der Waals surface area contributed by atoms with Crippen LogP contribution < -0.4 is 82.7 Å². The van der Waals surface area contributed by atoms with Crippen LogP contribution >= 0.6 is 0 Å². The maximum Gasteiger partial charge on any atom is 0.326 e. The summed E-state index contributed by atoms with van der Waals surface area (Å²) in [6, 6.07) is -2.17. The molecule has 0 aliphatic carbocycles. The van der Waals surface area contributed by atoms with E-state index < -0.39 is 114 Å². The van der Waals surface area contributed by atoms with Crippen LogP contribution in [0, 0.1) is 17.8 Å². The molecule has 28 heteroatoms. The van der Waals surface area contributed by atoms with Crippen molar-refractivity contribution < 1.29 is 48.3 Å². The normalized spacial score (nSPS) is 14.8. The third-order valence-electron chi connectivity index (χ3n) is 14.2. The lowest BCUT2D eigenvalue weighted by Gasteiger charge is -2.28. The van der Waals surface area contributed by atoms with E-state index in [4.69, 9.17) is 40.1 Å². The molecule has 0 radical (unpaired) electrons. The number of amides is 8. The molecule has 1 heterocycles. The van der Waals surface area contributed by atoms with Crippen LogP contribution in [0.4, 0.5) is 0 Å². The molecule has 0 aliphatic heterocycles. The van der Waals surface area contributed by atoms with Gasteiger partial charge in [-0.15, -0.1) is 0 Å². The topological polar surface area (TPSA) is 493 Å². The van der Waals surface area contributed by atoms with Gasteiger partial charge in [-0.05, 0) is 113 Å². The first kappa shape index (κ1) is 71.5. The van der Waals surface area contributed by atoms with Crippen molar-refractivity contribution in [2.75, 3.05) is 32.7 Å². The van der Waals surface area contributed by atoms with Gasteiger partial charge in [0.05, 0.1) is 12.6 Å². The van der Waals surface area contributed by atoms with Crippen molar-refractivity contribution in [3.63, 3.8) is 0 Å². The SMILES string of the molecule is CC[C@H](C)[C@H](N)C(=O)N[C@@H](Cc1c[nH]c2ccccc12)C(=O)N[C@H](C(=O)NCC(=O)N[C@@H](CC(C)C)C(=O)N[C@@H](CCCN=C(N)N)C(=O)N[C@@H](CCCCN)C(=O)N[C@@H](CCCCN)C(=O)N[C@@H](CCCN=C(N)N)C(=O)O)[C@@H](C)CC. The predicted molar refractivity (Wildman–Crippen MR) is 318 cm³/mol. The largest absolute Gasteiger partial charge is 0.480 e. The standard InChI is InChI=1S/C55H96N18O10/c1-7-32(5)44(58)51(80)72-42(28-34-29-65-36-18-10-9-17-35(34)36)50(79)73-45(33(6)8-2)52(81)66-30-43(74)67-41(27-31(3)4)49(78)70-39(21-15-25-63-54(59)60)47(76)68-37(19-11-13-23-56)46(75)69-38(20-12-14-24-57)48(77)71-40(53(82)83)22-16-26-64-55(61)62/h9-10,17-18,29,31-33,37-42,44-45,65H,7-8,11-16,19-28,30,56-58H2,1-6H3,(H,66,81)(H,67,74)(H,68,76)(H,69,75)(H,70,78)(H,71,77)(H,72,80)(H,73,79)(H,82,83)(H4,59,60,63)(H4,61,62,64)/t32-,33-,37-,38-,39-,40-,41-,42-,44-,45-/m0/s1. The van der Waals surface area contributed by atoms with Crippen LogP contribution in [0.25, 0.3) is 10.9 Å². The molecule has 2 aromatic rings. The second-order valence-corrected chi connectivity index (χ2v) is 21.4. The number of benzene rings is 1. The Morgan fingerprint density at radius 1 is 0.554 bits per heavy atom. The van der Waals surface area contributed by atoms with Gasteiger partial charge in [0.2, 0.25) is 47.3 Å². The Morgan fingerprint density at radius 2 is 1.01 bits per heavy atom. The summed E-state index contributed by atoms with van der Waals surface area (Å²) in [7, 11) is 0. The molecule has 1 aromatic carbocycles. The van der Waals surface area contributed by atoms with Gasteiger partial charge in [-0.3, -0.25) is 48.3 Å². The van der Waals surface area contributed by atoms with E-state index in [0.717, 1.165) is 16.5 Å². The summed E-state index contributed by atoms with van der Waals surface area (Å²) in [5, 5.41) is 32.2. The quantitative estimate of drug-likeness (QED) is 0.0197. The van der Waals surface area contributed by atoms with E-state index in [2.05, 4.69) is 57.5 Å². The number of rotatable bonds is 41. The highest BCUT2D eigenvalue weighted by Crippen LogP contribution is 2.20. The van der Waals surface area contributed by atoms with Gasteiger partial charge in [0.15, 0.2) is 11.9 Å². The minimum Gasteiger partial charge on any atom is -0.480 e. The summed E-state index contributed by atoms with van der Waals surface area (Å²) in [6.07, 6.45) is 5.09. The Kier molecular flexibility index (Phi) is 32.9. The summed E-state index contributed by atoms with van der Waals surface area (Å²) < 4.78 is 0. The van der Waals surface area contributed by atoms with Crippen LogP contribution in [0.1, 0.15) is 131 Å². The fourth-order valence-electron chi connectivity index (χ4n) is 8.84. The third kappa shape index (κ3) is 26.5. The van der Waals surface area contributed by atoms with Gasteiger partial charge in [0.1, 0.15) is 42.3 Å². The fourth-order valence-corrected chi connectivity index (χ4v) is 8.84. The van der Waals surface area contributed by atoms with Crippen LogP contribution in [0.3, 0.4) is 0 Å². The number of para-hydroxylation sites is 1. The summed E-state index contributed by atoms with van der Waals surface area (Å²) in [5.41, 5.74) is 41.2. The maximum absolute atomic E-state index is 14.3. The number of hydrogen-bond acceptors (Lipinski definition) is 14. The number of aromatic amines is 1. The average Bonchev–Trinajstić information content (AvgIpc) is 4.15. The highest BCUT2D eigenvalue weighted by Gasteiger charge is 2.35. The van der Waals surface area contributed by atoms with Gasteiger partial charge in [0.25, 0.3) is 0 Å². The Balaban J connectivity index is 2.38. The number of hydrogen-bond donors (Lipinski definition) is 17. The number of nitrogens with two attached hydrogens (primary N) is 7. The molecule has 0 saturated carbocycles. The zero-order valence-electron chi connectivity index (χ0n) is 49.2. The predicted octanol–water partition coefficient (Wildman–Crippen LogP) is -1.86. The zero-order valence-corrected chi connectivity index (χ0v) is 49.2. The molecule has 466 valence electrons. The van der Waals surface area contributed by atoms with Gasteiger partial charge in [-0.2, -0.15) is 0 Å². The lowest BCUT2D eigenvalue weighted by Crippen LogP contribution is -2.59. The number of nitrogens with zero attached hydrogens (tertiary/aromatic N) is 2. The van der Waals surface area contributed by atoms with Crippen molar-refractivity contribution in [1.29, 1.82) is 0 Å². The second kappa shape index (κ2) is 38.2. The molecule has 0 spiro atoms. The average molecular weight is 1170 g/mol. The van der Waals surface area contributed by atoms with E-state index >= 15 is 0 Å².